The van der Waals surface area contributed by atoms with Crippen LogP contribution >= 0.6 is 0 Å². The van der Waals surface area contributed by atoms with Crippen molar-refractivity contribution in [1.29, 1.82) is 0 Å². The summed E-state index contributed by atoms with van der Waals surface area (Å²) in [6, 6.07) is 17.8. The smallest absolute Gasteiger partial charge is 0.257 e. The molecule has 1 N–H and O–H groups in total. The molecule has 0 saturated heterocycles. The Labute approximate surface area is 153 Å². The summed E-state index contributed by atoms with van der Waals surface area (Å²) in [6.45, 7) is 3.57. The second-order valence-corrected chi connectivity index (χ2v) is 6.14. The number of rotatable bonds is 8. The fourth-order valence-electron chi connectivity index (χ4n) is 3.04. The van der Waals surface area contributed by atoms with Crippen LogP contribution in [0.15, 0.2) is 54.6 Å². The molecule has 0 aliphatic rings. The second kappa shape index (κ2) is 8.43. The minimum atomic E-state index is -0.134. The van der Waals surface area contributed by atoms with E-state index < -0.39 is 0 Å². The van der Waals surface area contributed by atoms with Gasteiger partial charge in [-0.15, -0.1) is 0 Å². The molecule has 0 atom stereocenters. The number of amides is 1. The van der Waals surface area contributed by atoms with Crippen molar-refractivity contribution in [3.05, 3.63) is 60.3 Å². The number of nitrogens with zero attached hydrogens (tertiary/aromatic N) is 1. The lowest BCUT2D eigenvalue weighted by atomic mass is 10.2. The lowest BCUT2D eigenvalue weighted by Crippen LogP contribution is -2.30. The van der Waals surface area contributed by atoms with Crippen molar-refractivity contribution < 1.29 is 14.3 Å². The predicted octanol–water partition coefficient (Wildman–Crippen LogP) is 3.54. The van der Waals surface area contributed by atoms with Gasteiger partial charge >= 0.3 is 0 Å². The van der Waals surface area contributed by atoms with Gasteiger partial charge in [0.05, 0.1) is 7.11 Å². The summed E-state index contributed by atoms with van der Waals surface area (Å²) < 4.78 is 13.0. The largest absolute Gasteiger partial charge is 0.493 e. The molecule has 136 valence electrons. The monoisotopic (exact) mass is 352 g/mol. The topological polar surface area (TPSA) is 52.5 Å². The van der Waals surface area contributed by atoms with Gasteiger partial charge in [0.15, 0.2) is 18.1 Å². The number of ether oxygens (including phenoxy) is 2. The molecule has 1 amide bonds. The third-order valence-electron chi connectivity index (χ3n) is 4.33. The summed E-state index contributed by atoms with van der Waals surface area (Å²) in [7, 11) is 1.58. The average Bonchev–Trinajstić information content (AvgIpc) is 2.99. The Morgan fingerprint density at radius 2 is 1.81 bits per heavy atom. The Morgan fingerprint density at radius 1 is 1.08 bits per heavy atom. The Hall–Kier alpha value is -2.95. The van der Waals surface area contributed by atoms with Crippen LogP contribution in [0.1, 0.15) is 12.1 Å². The SMILES string of the molecule is COc1ccccc1OCC(=O)NCCCn1c(C)cc2ccccc21. The maximum atomic E-state index is 12.0. The summed E-state index contributed by atoms with van der Waals surface area (Å²) in [5.41, 5.74) is 2.47. The number of hydrogen-bond acceptors (Lipinski definition) is 3. The number of para-hydroxylation sites is 3. The van der Waals surface area contributed by atoms with Crippen LogP contribution in [0.4, 0.5) is 0 Å². The number of fused-ring (bicyclic) bond motifs is 1. The van der Waals surface area contributed by atoms with Gasteiger partial charge in [0.1, 0.15) is 0 Å². The second-order valence-electron chi connectivity index (χ2n) is 6.14. The summed E-state index contributed by atoms with van der Waals surface area (Å²) in [5.74, 6) is 1.06. The van der Waals surface area contributed by atoms with E-state index in [0.29, 0.717) is 18.0 Å². The normalized spacial score (nSPS) is 10.7. The number of methoxy groups -OCH3 is 1. The number of carbonyl (C=O) groups excluding carboxylic acids is 1. The van der Waals surface area contributed by atoms with Crippen molar-refractivity contribution in [2.75, 3.05) is 20.3 Å². The zero-order valence-corrected chi connectivity index (χ0v) is 15.2. The summed E-state index contributed by atoms with van der Waals surface area (Å²) in [6.07, 6.45) is 0.861. The molecule has 0 radical (unpaired) electrons. The van der Waals surface area contributed by atoms with Crippen molar-refractivity contribution in [3.8, 4) is 11.5 Å². The predicted molar refractivity (Wildman–Crippen MR) is 103 cm³/mol. The van der Waals surface area contributed by atoms with Crippen molar-refractivity contribution in [1.82, 2.24) is 9.88 Å². The molecule has 5 nitrogen and oxygen atoms in total. The maximum Gasteiger partial charge on any atom is 0.257 e. The number of benzene rings is 2. The molecule has 0 fully saturated rings. The minimum Gasteiger partial charge on any atom is -0.493 e. The van der Waals surface area contributed by atoms with Crippen LogP contribution in [0.2, 0.25) is 0 Å². The third-order valence-corrected chi connectivity index (χ3v) is 4.33. The maximum absolute atomic E-state index is 12.0. The van der Waals surface area contributed by atoms with Gasteiger partial charge in [-0.3, -0.25) is 4.79 Å². The van der Waals surface area contributed by atoms with E-state index in [1.807, 2.05) is 18.2 Å². The van der Waals surface area contributed by atoms with Gasteiger partial charge in [-0.25, -0.2) is 0 Å². The van der Waals surface area contributed by atoms with Crippen LogP contribution in [0.3, 0.4) is 0 Å². The van der Waals surface area contributed by atoms with Gasteiger partial charge in [-0.05, 0) is 43.0 Å². The van der Waals surface area contributed by atoms with Crippen LogP contribution in [0.5, 0.6) is 11.5 Å². The Balaban J connectivity index is 1.44. The van der Waals surface area contributed by atoms with Crippen LogP contribution < -0.4 is 14.8 Å². The molecule has 0 saturated carbocycles. The molecule has 2 aromatic carbocycles. The first-order valence-electron chi connectivity index (χ1n) is 8.76. The standard InChI is InChI=1S/C21H24N2O3/c1-16-14-17-8-3-4-9-18(17)23(16)13-7-12-22-21(24)15-26-20-11-6-5-10-19(20)25-2/h3-6,8-11,14H,7,12-13,15H2,1-2H3,(H,22,24). The van der Waals surface area contributed by atoms with E-state index in [1.54, 1.807) is 19.2 Å². The first-order chi connectivity index (χ1) is 12.7. The Kier molecular flexibility index (Phi) is 5.79. The van der Waals surface area contributed by atoms with Crippen LogP contribution in [0.25, 0.3) is 10.9 Å². The van der Waals surface area contributed by atoms with E-state index in [-0.39, 0.29) is 12.5 Å². The van der Waals surface area contributed by atoms with Gasteiger partial charge in [-0.1, -0.05) is 30.3 Å². The highest BCUT2D eigenvalue weighted by molar-refractivity contribution is 5.81. The van der Waals surface area contributed by atoms with Crippen molar-refractivity contribution >= 4 is 16.8 Å². The molecule has 1 aromatic heterocycles. The average molecular weight is 352 g/mol. The lowest BCUT2D eigenvalue weighted by Gasteiger charge is -2.11. The Morgan fingerprint density at radius 3 is 2.62 bits per heavy atom. The van der Waals surface area contributed by atoms with Gasteiger partial charge in [0.2, 0.25) is 0 Å². The zero-order chi connectivity index (χ0) is 18.4. The molecule has 3 aromatic rings. The van der Waals surface area contributed by atoms with Crippen molar-refractivity contribution in [2.45, 2.75) is 19.9 Å². The van der Waals surface area contributed by atoms with E-state index in [2.05, 4.69) is 41.1 Å². The van der Waals surface area contributed by atoms with E-state index in [4.69, 9.17) is 9.47 Å². The number of aromatic nitrogens is 1. The van der Waals surface area contributed by atoms with Gasteiger partial charge in [-0.2, -0.15) is 0 Å². The highest BCUT2D eigenvalue weighted by Gasteiger charge is 2.07. The van der Waals surface area contributed by atoms with Crippen LogP contribution in [0, 0.1) is 6.92 Å². The quantitative estimate of drug-likeness (QED) is 0.631. The minimum absolute atomic E-state index is 0.0220. The zero-order valence-electron chi connectivity index (χ0n) is 15.2. The molecule has 0 aliphatic heterocycles. The van der Waals surface area contributed by atoms with Crippen molar-refractivity contribution in [2.24, 2.45) is 0 Å². The van der Waals surface area contributed by atoms with Gasteiger partial charge in [0.25, 0.3) is 5.91 Å². The third kappa shape index (κ3) is 4.17. The molecule has 0 aliphatic carbocycles. The Bertz CT molecular complexity index is 886. The number of aryl methyl sites for hydroxylation is 2. The highest BCUT2D eigenvalue weighted by atomic mass is 16.5. The van der Waals surface area contributed by atoms with Crippen LogP contribution in [-0.4, -0.2) is 30.7 Å². The molecule has 0 spiro atoms. The van der Waals surface area contributed by atoms with Gasteiger partial charge in [0, 0.05) is 24.3 Å². The fraction of sp³-hybridized carbons (Fsp3) is 0.286. The molecule has 1 heterocycles. The first-order valence-corrected chi connectivity index (χ1v) is 8.76. The van der Waals surface area contributed by atoms with Crippen molar-refractivity contribution in [3.63, 3.8) is 0 Å². The summed E-state index contributed by atoms with van der Waals surface area (Å²) in [5, 5.41) is 4.15. The van der Waals surface area contributed by atoms with Crippen LogP contribution in [-0.2, 0) is 11.3 Å². The molecule has 0 unspecified atom stereocenters. The molecule has 5 heteroatoms. The highest BCUT2D eigenvalue weighted by Crippen LogP contribution is 2.25. The van der Waals surface area contributed by atoms with Gasteiger partial charge < -0.3 is 19.4 Å². The van der Waals surface area contributed by atoms with E-state index in [0.717, 1.165) is 13.0 Å². The lowest BCUT2D eigenvalue weighted by molar-refractivity contribution is -0.123. The number of nitrogens with one attached hydrogen (secondary N) is 1. The first kappa shape index (κ1) is 17.9. The van der Waals surface area contributed by atoms with E-state index in [9.17, 15) is 4.79 Å². The molecular formula is C21H24N2O3. The number of hydrogen-bond donors (Lipinski definition) is 1. The molecule has 26 heavy (non-hydrogen) atoms. The molecule has 0 bridgehead atoms. The summed E-state index contributed by atoms with van der Waals surface area (Å²) in [4.78, 5) is 12.0. The number of carbonyl (C=O) groups is 1. The molecule has 3 rings (SSSR count). The van der Waals surface area contributed by atoms with E-state index in [1.165, 1.54) is 16.6 Å². The summed E-state index contributed by atoms with van der Waals surface area (Å²) >= 11 is 0. The fourth-order valence-corrected chi connectivity index (χ4v) is 3.04. The molecular weight excluding hydrogens is 328 g/mol. The van der Waals surface area contributed by atoms with E-state index >= 15 is 0 Å².